The van der Waals surface area contributed by atoms with Crippen LogP contribution >= 0.6 is 11.6 Å². The molecule has 0 saturated carbocycles. The molecule has 1 amide bonds. The number of carbonyl (C=O) groups is 1. The number of halogens is 7. The van der Waals surface area contributed by atoms with Gasteiger partial charge in [0.2, 0.25) is 5.91 Å². The van der Waals surface area contributed by atoms with Gasteiger partial charge >= 0.3 is 12.4 Å². The van der Waals surface area contributed by atoms with Crippen molar-refractivity contribution in [2.45, 2.75) is 25.3 Å². The zero-order chi connectivity index (χ0) is 20.4. The van der Waals surface area contributed by atoms with E-state index in [9.17, 15) is 31.1 Å². The third kappa shape index (κ3) is 5.78. The normalized spacial score (nSPS) is 13.2. The number of amides is 1. The van der Waals surface area contributed by atoms with E-state index in [-0.39, 0.29) is 6.07 Å². The third-order valence-corrected chi connectivity index (χ3v) is 3.73. The Balaban J connectivity index is 2.21. The van der Waals surface area contributed by atoms with E-state index < -0.39 is 41.1 Å². The van der Waals surface area contributed by atoms with Crippen LogP contribution in [0, 0.1) is 0 Å². The van der Waals surface area contributed by atoms with E-state index in [0.29, 0.717) is 22.8 Å². The minimum absolute atomic E-state index is 0.0175. The fourth-order valence-corrected chi connectivity index (χ4v) is 2.26. The Hall–Kier alpha value is -2.42. The van der Waals surface area contributed by atoms with E-state index in [1.54, 1.807) is 0 Å². The van der Waals surface area contributed by atoms with Crippen molar-refractivity contribution in [2.75, 3.05) is 10.6 Å². The van der Waals surface area contributed by atoms with Crippen molar-refractivity contribution in [1.82, 2.24) is 0 Å². The van der Waals surface area contributed by atoms with Crippen molar-refractivity contribution in [3.05, 3.63) is 58.6 Å². The van der Waals surface area contributed by atoms with Crippen molar-refractivity contribution in [3.8, 4) is 0 Å². The standard InChI is InChI=1S/C17H13ClF6N2O/c1-9(15(27)26-13-4-2-12(18)3-5-13)25-14-7-10(16(19,20)21)6-11(8-14)17(22,23)24/h2-9,25H,1H3,(H,26,27)/t9-/m1/s1. The molecule has 0 radical (unpaired) electrons. The smallest absolute Gasteiger partial charge is 0.374 e. The van der Waals surface area contributed by atoms with Crippen LogP contribution in [0.5, 0.6) is 0 Å². The van der Waals surface area contributed by atoms with Crippen LogP contribution in [0.15, 0.2) is 42.5 Å². The SMILES string of the molecule is C[C@@H](Nc1cc(C(F)(F)F)cc(C(F)(F)F)c1)C(=O)Nc1ccc(Cl)cc1. The molecule has 2 aromatic carbocycles. The maximum atomic E-state index is 12.9. The maximum absolute atomic E-state index is 12.9. The van der Waals surface area contributed by atoms with Crippen molar-refractivity contribution < 1.29 is 31.1 Å². The van der Waals surface area contributed by atoms with Crippen LogP contribution in [0.4, 0.5) is 37.7 Å². The third-order valence-electron chi connectivity index (χ3n) is 3.48. The first kappa shape index (κ1) is 20.9. The molecule has 3 nitrogen and oxygen atoms in total. The van der Waals surface area contributed by atoms with Crippen LogP contribution in [-0.4, -0.2) is 11.9 Å². The highest BCUT2D eigenvalue weighted by atomic mass is 35.5. The number of benzene rings is 2. The molecule has 0 aromatic heterocycles. The summed E-state index contributed by atoms with van der Waals surface area (Å²) in [7, 11) is 0. The van der Waals surface area contributed by atoms with Gasteiger partial charge < -0.3 is 10.6 Å². The van der Waals surface area contributed by atoms with Crippen LogP contribution in [-0.2, 0) is 17.1 Å². The van der Waals surface area contributed by atoms with Gasteiger partial charge in [-0.05, 0) is 49.4 Å². The Morgan fingerprint density at radius 1 is 0.889 bits per heavy atom. The molecule has 2 rings (SSSR count). The van der Waals surface area contributed by atoms with E-state index in [0.717, 1.165) is 0 Å². The average Bonchev–Trinajstić information content (AvgIpc) is 2.55. The summed E-state index contributed by atoms with van der Waals surface area (Å²) in [6, 6.07) is 5.96. The predicted octanol–water partition coefficient (Wildman–Crippen LogP) is 5.82. The van der Waals surface area contributed by atoms with Crippen molar-refractivity contribution >= 4 is 28.9 Å². The molecule has 2 aromatic rings. The van der Waals surface area contributed by atoms with Gasteiger partial charge in [-0.15, -0.1) is 0 Å². The largest absolute Gasteiger partial charge is 0.416 e. The Morgan fingerprint density at radius 2 is 1.37 bits per heavy atom. The molecule has 0 aliphatic rings. The highest BCUT2D eigenvalue weighted by Crippen LogP contribution is 2.37. The minimum atomic E-state index is -4.97. The summed E-state index contributed by atoms with van der Waals surface area (Å²) >= 11 is 5.71. The Bertz CT molecular complexity index is 785. The lowest BCUT2D eigenvalue weighted by Crippen LogP contribution is -2.32. The average molecular weight is 411 g/mol. The molecular formula is C17H13ClF6N2O. The molecular weight excluding hydrogens is 398 g/mol. The van der Waals surface area contributed by atoms with Crippen LogP contribution in [0.3, 0.4) is 0 Å². The molecule has 10 heteroatoms. The highest BCUT2D eigenvalue weighted by molar-refractivity contribution is 6.30. The summed E-state index contributed by atoms with van der Waals surface area (Å²) in [5, 5.41) is 5.27. The second-order valence-corrected chi connectivity index (χ2v) is 6.09. The van der Waals surface area contributed by atoms with Gasteiger partial charge in [-0.2, -0.15) is 26.3 Å². The maximum Gasteiger partial charge on any atom is 0.416 e. The van der Waals surface area contributed by atoms with Crippen molar-refractivity contribution in [2.24, 2.45) is 0 Å². The molecule has 0 fully saturated rings. The predicted molar refractivity (Wildman–Crippen MR) is 89.6 cm³/mol. The Labute approximate surface area is 155 Å². The zero-order valence-electron chi connectivity index (χ0n) is 13.7. The molecule has 0 bridgehead atoms. The van der Waals surface area contributed by atoms with Gasteiger partial charge in [-0.3, -0.25) is 4.79 Å². The van der Waals surface area contributed by atoms with E-state index in [1.807, 2.05) is 0 Å². The molecule has 0 aliphatic carbocycles. The quantitative estimate of drug-likeness (QED) is 0.624. The van der Waals surface area contributed by atoms with Crippen LogP contribution in [0.2, 0.25) is 5.02 Å². The van der Waals surface area contributed by atoms with E-state index in [2.05, 4.69) is 10.6 Å². The number of carbonyl (C=O) groups excluding carboxylic acids is 1. The molecule has 0 heterocycles. The van der Waals surface area contributed by atoms with Crippen molar-refractivity contribution in [1.29, 1.82) is 0 Å². The van der Waals surface area contributed by atoms with E-state index >= 15 is 0 Å². The minimum Gasteiger partial charge on any atom is -0.374 e. The molecule has 0 aliphatic heterocycles. The van der Waals surface area contributed by atoms with E-state index in [1.165, 1.54) is 31.2 Å². The lowest BCUT2D eigenvalue weighted by molar-refractivity contribution is -0.143. The lowest BCUT2D eigenvalue weighted by Gasteiger charge is -2.18. The first-order valence-corrected chi connectivity index (χ1v) is 7.86. The fraction of sp³-hybridized carbons (Fsp3) is 0.235. The Kier molecular flexibility index (Phi) is 5.94. The topological polar surface area (TPSA) is 41.1 Å². The van der Waals surface area contributed by atoms with Gasteiger partial charge in [-0.1, -0.05) is 11.6 Å². The number of nitrogens with one attached hydrogen (secondary N) is 2. The van der Waals surface area contributed by atoms with Crippen LogP contribution < -0.4 is 10.6 Å². The number of hydrogen-bond donors (Lipinski definition) is 2. The number of alkyl halides is 6. The van der Waals surface area contributed by atoms with Gasteiger partial charge in [0.1, 0.15) is 6.04 Å². The van der Waals surface area contributed by atoms with Gasteiger partial charge in [0.05, 0.1) is 11.1 Å². The number of anilines is 2. The summed E-state index contributed by atoms with van der Waals surface area (Å²) in [6.45, 7) is 1.30. The second-order valence-electron chi connectivity index (χ2n) is 5.66. The lowest BCUT2D eigenvalue weighted by atomic mass is 10.1. The molecule has 146 valence electrons. The molecule has 0 saturated heterocycles. The molecule has 0 spiro atoms. The van der Waals surface area contributed by atoms with Gasteiger partial charge in [0.25, 0.3) is 0 Å². The molecule has 0 unspecified atom stereocenters. The van der Waals surface area contributed by atoms with Crippen LogP contribution in [0.25, 0.3) is 0 Å². The Morgan fingerprint density at radius 3 is 1.81 bits per heavy atom. The van der Waals surface area contributed by atoms with Crippen LogP contribution in [0.1, 0.15) is 18.1 Å². The van der Waals surface area contributed by atoms with Crippen molar-refractivity contribution in [3.63, 3.8) is 0 Å². The number of hydrogen-bond acceptors (Lipinski definition) is 2. The summed E-state index contributed by atoms with van der Waals surface area (Å²) in [6.07, 6.45) is -9.93. The summed E-state index contributed by atoms with van der Waals surface area (Å²) in [4.78, 5) is 12.1. The molecule has 1 atom stereocenters. The first-order chi connectivity index (χ1) is 12.4. The first-order valence-electron chi connectivity index (χ1n) is 7.49. The monoisotopic (exact) mass is 410 g/mol. The second kappa shape index (κ2) is 7.67. The number of rotatable bonds is 4. The molecule has 27 heavy (non-hydrogen) atoms. The van der Waals surface area contributed by atoms with Gasteiger partial charge in [-0.25, -0.2) is 0 Å². The summed E-state index contributed by atoms with van der Waals surface area (Å²) in [5.74, 6) is -0.650. The van der Waals surface area contributed by atoms with E-state index in [4.69, 9.17) is 11.6 Å². The highest BCUT2D eigenvalue weighted by Gasteiger charge is 2.37. The summed E-state index contributed by atoms with van der Waals surface area (Å²) < 4.78 is 77.2. The van der Waals surface area contributed by atoms with Gasteiger partial charge in [0.15, 0.2) is 0 Å². The van der Waals surface area contributed by atoms with Gasteiger partial charge in [0, 0.05) is 16.4 Å². The molecule has 2 N–H and O–H groups in total. The fourth-order valence-electron chi connectivity index (χ4n) is 2.14. The zero-order valence-corrected chi connectivity index (χ0v) is 14.4. The summed E-state index contributed by atoms with van der Waals surface area (Å²) in [5.41, 5.74) is -3.04.